The van der Waals surface area contributed by atoms with E-state index in [1.807, 2.05) is 13.8 Å². The average Bonchev–Trinajstić information content (AvgIpc) is 2.81. The van der Waals surface area contributed by atoms with E-state index in [1.165, 1.54) is 22.5 Å². The minimum absolute atomic E-state index is 0.0965. The van der Waals surface area contributed by atoms with Crippen LogP contribution in [-0.2, 0) is 10.0 Å². The fourth-order valence-electron chi connectivity index (χ4n) is 3.40. The quantitative estimate of drug-likeness (QED) is 0.567. The van der Waals surface area contributed by atoms with Crippen LogP contribution in [0.3, 0.4) is 0 Å². The van der Waals surface area contributed by atoms with Crippen molar-refractivity contribution in [3.05, 3.63) is 53.8 Å². The van der Waals surface area contributed by atoms with Crippen molar-refractivity contribution in [3.8, 4) is 11.5 Å². The molecule has 0 aliphatic carbocycles. The first-order chi connectivity index (χ1) is 15.4. The average molecular weight is 465 g/mol. The number of amides is 1. The molecule has 1 amide bonds. The van der Waals surface area contributed by atoms with E-state index in [0.717, 1.165) is 18.9 Å². The molecule has 0 N–H and O–H groups in total. The number of hydrogen-bond donors (Lipinski definition) is 0. The Kier molecular flexibility index (Phi) is 8.09. The first kappa shape index (κ1) is 24.0. The Morgan fingerprint density at radius 1 is 0.938 bits per heavy atom. The van der Waals surface area contributed by atoms with Gasteiger partial charge in [0.15, 0.2) is 11.5 Å². The van der Waals surface area contributed by atoms with E-state index < -0.39 is 15.8 Å². The van der Waals surface area contributed by atoms with Crippen molar-refractivity contribution in [2.24, 2.45) is 0 Å². The van der Waals surface area contributed by atoms with Crippen LogP contribution in [0.2, 0.25) is 0 Å². The van der Waals surface area contributed by atoms with Crippen LogP contribution < -0.4 is 9.47 Å². The summed E-state index contributed by atoms with van der Waals surface area (Å²) in [6.45, 7) is 5.68. The Hall–Kier alpha value is -2.65. The third kappa shape index (κ3) is 5.39. The summed E-state index contributed by atoms with van der Waals surface area (Å²) < 4.78 is 52.3. The van der Waals surface area contributed by atoms with E-state index >= 15 is 0 Å². The summed E-state index contributed by atoms with van der Waals surface area (Å²) in [7, 11) is -3.95. The Bertz CT molecular complexity index is 1040. The number of sulfonamides is 1. The predicted octanol–water partition coefficient (Wildman–Crippen LogP) is 3.55. The van der Waals surface area contributed by atoms with Gasteiger partial charge in [-0.05, 0) is 43.2 Å². The molecule has 9 heteroatoms. The highest BCUT2D eigenvalue weighted by Gasteiger charge is 2.32. The standard InChI is InChI=1S/C23H29FN2O5S/c1-3-15-30-20-10-9-18(17-21(20)31-16-4-2)23(27)25-11-13-26(14-12-25)32(28,29)22-8-6-5-7-19(22)24/h5-10,17H,3-4,11-16H2,1-2H3. The molecule has 3 rings (SSSR count). The van der Waals surface area contributed by atoms with Crippen LogP contribution in [0.15, 0.2) is 47.4 Å². The Morgan fingerprint density at radius 2 is 1.56 bits per heavy atom. The zero-order valence-electron chi connectivity index (χ0n) is 18.4. The molecule has 174 valence electrons. The van der Waals surface area contributed by atoms with Gasteiger partial charge in [0.05, 0.1) is 13.2 Å². The van der Waals surface area contributed by atoms with Crippen LogP contribution in [0.5, 0.6) is 11.5 Å². The van der Waals surface area contributed by atoms with Crippen molar-refractivity contribution in [1.82, 2.24) is 9.21 Å². The number of halogens is 1. The number of nitrogens with zero attached hydrogens (tertiary/aromatic N) is 2. The van der Waals surface area contributed by atoms with E-state index in [-0.39, 0.29) is 37.0 Å². The Morgan fingerprint density at radius 3 is 2.19 bits per heavy atom. The topological polar surface area (TPSA) is 76.2 Å². The SMILES string of the molecule is CCCOc1ccc(C(=O)N2CCN(S(=O)(=O)c3ccccc3F)CC2)cc1OCCC. The van der Waals surface area contributed by atoms with Crippen LogP contribution >= 0.6 is 0 Å². The zero-order valence-corrected chi connectivity index (χ0v) is 19.2. The number of carbonyl (C=O) groups excluding carboxylic acids is 1. The van der Waals surface area contributed by atoms with E-state index in [4.69, 9.17) is 9.47 Å². The predicted molar refractivity (Wildman–Crippen MR) is 119 cm³/mol. The van der Waals surface area contributed by atoms with Gasteiger partial charge in [0, 0.05) is 31.7 Å². The second kappa shape index (κ2) is 10.8. The molecule has 1 heterocycles. The molecule has 1 saturated heterocycles. The lowest BCUT2D eigenvalue weighted by Gasteiger charge is -2.34. The molecule has 2 aromatic rings. The maximum Gasteiger partial charge on any atom is 0.254 e. The van der Waals surface area contributed by atoms with Gasteiger partial charge < -0.3 is 14.4 Å². The van der Waals surface area contributed by atoms with Crippen LogP contribution in [0, 0.1) is 5.82 Å². The van der Waals surface area contributed by atoms with Gasteiger partial charge in [-0.2, -0.15) is 4.31 Å². The summed E-state index contributed by atoms with van der Waals surface area (Å²) in [5, 5.41) is 0. The molecule has 1 aliphatic rings. The highest BCUT2D eigenvalue weighted by molar-refractivity contribution is 7.89. The molecule has 0 unspecified atom stereocenters. The third-order valence-corrected chi connectivity index (χ3v) is 7.03. The molecule has 0 aromatic heterocycles. The minimum Gasteiger partial charge on any atom is -0.490 e. The zero-order chi connectivity index (χ0) is 23.1. The van der Waals surface area contributed by atoms with Gasteiger partial charge in [-0.25, -0.2) is 12.8 Å². The fraction of sp³-hybridized carbons (Fsp3) is 0.435. The molecule has 0 spiro atoms. The first-order valence-corrected chi connectivity index (χ1v) is 12.3. The molecule has 1 aliphatic heterocycles. The summed E-state index contributed by atoms with van der Waals surface area (Å²) in [6, 6.07) is 10.4. The lowest BCUT2D eigenvalue weighted by atomic mass is 10.1. The maximum atomic E-state index is 14.0. The number of carbonyl (C=O) groups is 1. The van der Waals surface area contributed by atoms with Crippen molar-refractivity contribution in [2.75, 3.05) is 39.4 Å². The first-order valence-electron chi connectivity index (χ1n) is 10.8. The van der Waals surface area contributed by atoms with Gasteiger partial charge in [-0.1, -0.05) is 26.0 Å². The molecule has 0 atom stereocenters. The lowest BCUT2D eigenvalue weighted by molar-refractivity contribution is 0.0697. The molecule has 0 saturated carbocycles. The van der Waals surface area contributed by atoms with E-state index in [2.05, 4.69) is 0 Å². The Labute approximate surface area is 188 Å². The number of piperazine rings is 1. The summed E-state index contributed by atoms with van der Waals surface area (Å²) in [5.74, 6) is 0.122. The van der Waals surface area contributed by atoms with E-state index in [9.17, 15) is 17.6 Å². The van der Waals surface area contributed by atoms with Gasteiger partial charge in [0.25, 0.3) is 5.91 Å². The lowest BCUT2D eigenvalue weighted by Crippen LogP contribution is -2.50. The molecular formula is C23H29FN2O5S. The summed E-state index contributed by atoms with van der Waals surface area (Å²) in [4.78, 5) is 14.3. The molecule has 0 radical (unpaired) electrons. The number of rotatable bonds is 9. The molecule has 7 nitrogen and oxygen atoms in total. The van der Waals surface area contributed by atoms with Crippen LogP contribution in [0.25, 0.3) is 0 Å². The van der Waals surface area contributed by atoms with Crippen molar-refractivity contribution in [1.29, 1.82) is 0 Å². The van der Waals surface area contributed by atoms with Gasteiger partial charge in [0.1, 0.15) is 10.7 Å². The van der Waals surface area contributed by atoms with E-state index in [0.29, 0.717) is 30.3 Å². The third-order valence-electron chi connectivity index (χ3n) is 5.09. The van der Waals surface area contributed by atoms with Crippen molar-refractivity contribution in [3.63, 3.8) is 0 Å². The van der Waals surface area contributed by atoms with Crippen molar-refractivity contribution in [2.45, 2.75) is 31.6 Å². The molecule has 2 aromatic carbocycles. The Balaban J connectivity index is 1.70. The van der Waals surface area contributed by atoms with E-state index in [1.54, 1.807) is 23.1 Å². The van der Waals surface area contributed by atoms with Gasteiger partial charge in [0.2, 0.25) is 10.0 Å². The summed E-state index contributed by atoms with van der Waals surface area (Å²) >= 11 is 0. The molecule has 32 heavy (non-hydrogen) atoms. The second-order valence-electron chi connectivity index (χ2n) is 7.49. The van der Waals surface area contributed by atoms with Crippen LogP contribution in [0.1, 0.15) is 37.0 Å². The molecular weight excluding hydrogens is 435 g/mol. The normalized spacial score (nSPS) is 14.9. The summed E-state index contributed by atoms with van der Waals surface area (Å²) in [5.41, 5.74) is 0.449. The number of ether oxygens (including phenoxy) is 2. The maximum absolute atomic E-state index is 14.0. The second-order valence-corrected chi connectivity index (χ2v) is 9.39. The minimum atomic E-state index is -3.95. The summed E-state index contributed by atoms with van der Waals surface area (Å²) in [6.07, 6.45) is 1.68. The van der Waals surface area contributed by atoms with Crippen LogP contribution in [0.4, 0.5) is 4.39 Å². The highest BCUT2D eigenvalue weighted by Crippen LogP contribution is 2.30. The van der Waals surface area contributed by atoms with Gasteiger partial charge in [-0.15, -0.1) is 0 Å². The van der Waals surface area contributed by atoms with Gasteiger partial charge >= 0.3 is 0 Å². The number of benzene rings is 2. The molecule has 1 fully saturated rings. The van der Waals surface area contributed by atoms with Crippen molar-refractivity contribution < 1.29 is 27.1 Å². The largest absolute Gasteiger partial charge is 0.490 e. The van der Waals surface area contributed by atoms with Crippen LogP contribution in [-0.4, -0.2) is 62.9 Å². The monoisotopic (exact) mass is 464 g/mol. The highest BCUT2D eigenvalue weighted by atomic mass is 32.2. The fourth-order valence-corrected chi connectivity index (χ4v) is 4.89. The number of hydrogen-bond acceptors (Lipinski definition) is 5. The van der Waals surface area contributed by atoms with Gasteiger partial charge in [-0.3, -0.25) is 4.79 Å². The van der Waals surface area contributed by atoms with Crippen molar-refractivity contribution >= 4 is 15.9 Å². The molecule has 0 bridgehead atoms. The smallest absolute Gasteiger partial charge is 0.254 e.